The summed E-state index contributed by atoms with van der Waals surface area (Å²) in [7, 11) is 4.92. The van der Waals surface area contributed by atoms with Crippen LogP contribution in [0.5, 0.6) is 17.2 Å². The summed E-state index contributed by atoms with van der Waals surface area (Å²) in [5, 5.41) is 0. The first-order valence-electron chi connectivity index (χ1n) is 12.0. The molecule has 5 rings (SSSR count). The Hall–Kier alpha value is -3.73. The Bertz CT molecular complexity index is 1280. The lowest BCUT2D eigenvalue weighted by molar-refractivity contribution is 0.324. The zero-order chi connectivity index (χ0) is 24.6. The van der Waals surface area contributed by atoms with E-state index in [0.29, 0.717) is 17.2 Å². The summed E-state index contributed by atoms with van der Waals surface area (Å²) in [4.78, 5) is 7.42. The van der Waals surface area contributed by atoms with Crippen molar-refractivity contribution < 1.29 is 14.2 Å². The van der Waals surface area contributed by atoms with Gasteiger partial charge in [0, 0.05) is 12.1 Å². The molecule has 3 aromatic carbocycles. The normalized spacial score (nSPS) is 15.6. The van der Waals surface area contributed by atoms with Crippen LogP contribution in [0, 0.1) is 0 Å². The number of benzene rings is 3. The molecule has 0 saturated carbocycles. The van der Waals surface area contributed by atoms with Crippen LogP contribution in [0.1, 0.15) is 41.7 Å². The van der Waals surface area contributed by atoms with Crippen LogP contribution in [0.2, 0.25) is 0 Å². The van der Waals surface area contributed by atoms with Gasteiger partial charge in [0.2, 0.25) is 5.75 Å². The molecule has 0 saturated heterocycles. The molecule has 0 unspecified atom stereocenters. The number of methoxy groups -OCH3 is 3. The maximum Gasteiger partial charge on any atom is 0.203 e. The van der Waals surface area contributed by atoms with Crippen molar-refractivity contribution in [1.29, 1.82) is 0 Å². The summed E-state index contributed by atoms with van der Waals surface area (Å²) >= 11 is 0. The van der Waals surface area contributed by atoms with E-state index in [1.54, 1.807) is 21.3 Å². The fourth-order valence-corrected chi connectivity index (χ4v) is 4.95. The quantitative estimate of drug-likeness (QED) is 0.436. The summed E-state index contributed by atoms with van der Waals surface area (Å²) in [5.41, 5.74) is 7.19. The molecule has 0 spiro atoms. The van der Waals surface area contributed by atoms with Gasteiger partial charge in [-0.3, -0.25) is 4.99 Å². The van der Waals surface area contributed by atoms with Gasteiger partial charge in [-0.05, 0) is 67.2 Å². The van der Waals surface area contributed by atoms with Gasteiger partial charge >= 0.3 is 0 Å². The van der Waals surface area contributed by atoms with Crippen LogP contribution in [0.25, 0.3) is 11.8 Å². The van der Waals surface area contributed by atoms with E-state index in [4.69, 9.17) is 19.2 Å². The third-order valence-corrected chi connectivity index (χ3v) is 6.67. The highest BCUT2D eigenvalue weighted by molar-refractivity contribution is 6.12. The van der Waals surface area contributed by atoms with E-state index < -0.39 is 0 Å². The molecular formula is C30H32N2O3. The number of hydrogen-bond donors (Lipinski definition) is 0. The molecule has 2 aliphatic heterocycles. The van der Waals surface area contributed by atoms with Gasteiger partial charge in [0.1, 0.15) is 5.84 Å². The van der Waals surface area contributed by atoms with Crippen LogP contribution in [0.3, 0.4) is 0 Å². The molecule has 5 nitrogen and oxygen atoms in total. The van der Waals surface area contributed by atoms with Crippen molar-refractivity contribution in [2.75, 3.05) is 27.9 Å². The molecule has 0 atom stereocenters. The molecule has 2 heterocycles. The molecule has 0 radical (unpaired) electrons. The number of nitrogens with zero attached hydrogens (tertiary/aromatic N) is 2. The topological polar surface area (TPSA) is 43.3 Å². The lowest BCUT2D eigenvalue weighted by Crippen LogP contribution is -2.33. The summed E-state index contributed by atoms with van der Waals surface area (Å²) in [5.74, 6) is 3.08. The maximum absolute atomic E-state index is 5.50. The second-order valence-corrected chi connectivity index (χ2v) is 9.68. The molecule has 2 aliphatic rings. The minimum atomic E-state index is -0.105. The fraction of sp³-hybridized carbons (Fsp3) is 0.300. The summed E-state index contributed by atoms with van der Waals surface area (Å²) < 4.78 is 16.4. The predicted molar refractivity (Wildman–Crippen MR) is 142 cm³/mol. The first-order valence-corrected chi connectivity index (χ1v) is 12.0. The van der Waals surface area contributed by atoms with Gasteiger partial charge in [0.15, 0.2) is 11.5 Å². The summed E-state index contributed by atoms with van der Waals surface area (Å²) in [6, 6.07) is 21.5. The average molecular weight is 469 g/mol. The SMILES string of the molecule is COc1cc(CCc2ccc(C3=Cc4ccccc4C4=NC(C)(C)CN34)cc2)cc(OC)c1OC. The predicted octanol–water partition coefficient (Wildman–Crippen LogP) is 5.85. The van der Waals surface area contributed by atoms with Gasteiger partial charge in [-0.1, -0.05) is 48.5 Å². The molecule has 3 aromatic rings. The fourth-order valence-electron chi connectivity index (χ4n) is 4.95. The van der Waals surface area contributed by atoms with E-state index in [0.717, 1.165) is 30.8 Å². The highest BCUT2D eigenvalue weighted by atomic mass is 16.5. The van der Waals surface area contributed by atoms with Crippen molar-refractivity contribution in [1.82, 2.24) is 4.90 Å². The second-order valence-electron chi connectivity index (χ2n) is 9.68. The summed E-state index contributed by atoms with van der Waals surface area (Å²) in [6.07, 6.45) is 4.09. The monoisotopic (exact) mass is 468 g/mol. The molecule has 180 valence electrons. The number of fused-ring (bicyclic) bond motifs is 3. The second kappa shape index (κ2) is 9.14. The van der Waals surface area contributed by atoms with Crippen LogP contribution in [0.4, 0.5) is 0 Å². The van der Waals surface area contributed by atoms with Crippen molar-refractivity contribution in [3.63, 3.8) is 0 Å². The minimum absolute atomic E-state index is 0.105. The standard InChI is InChI=1S/C30H32N2O3/c1-30(2)19-32-25(18-23-8-6-7-9-24(23)29(32)31-30)22-14-12-20(13-15-22)10-11-21-16-26(33-3)28(35-5)27(17-21)34-4/h6-9,12-18H,10-11,19H2,1-5H3. The van der Waals surface area contributed by atoms with E-state index in [-0.39, 0.29) is 5.54 Å². The molecule has 0 amide bonds. The molecule has 0 aromatic heterocycles. The molecule has 0 N–H and O–H groups in total. The number of amidine groups is 1. The van der Waals surface area contributed by atoms with E-state index in [1.165, 1.54) is 28.0 Å². The molecule has 5 heteroatoms. The Balaban J connectivity index is 1.37. The average Bonchev–Trinajstić information content (AvgIpc) is 3.21. The van der Waals surface area contributed by atoms with Crippen LogP contribution >= 0.6 is 0 Å². The lowest BCUT2D eigenvalue weighted by atomic mass is 9.96. The maximum atomic E-state index is 5.50. The first kappa shape index (κ1) is 23.0. The molecule has 0 bridgehead atoms. The van der Waals surface area contributed by atoms with Crippen molar-refractivity contribution >= 4 is 17.6 Å². The third kappa shape index (κ3) is 4.39. The van der Waals surface area contributed by atoms with Gasteiger partial charge in [0.25, 0.3) is 0 Å². The van der Waals surface area contributed by atoms with E-state index in [9.17, 15) is 0 Å². The number of rotatable bonds is 7. The Morgan fingerprint density at radius 3 is 2.14 bits per heavy atom. The zero-order valence-electron chi connectivity index (χ0n) is 21.1. The smallest absolute Gasteiger partial charge is 0.203 e. The van der Waals surface area contributed by atoms with Crippen molar-refractivity contribution in [3.05, 3.63) is 88.5 Å². The highest BCUT2D eigenvalue weighted by Crippen LogP contribution is 2.39. The van der Waals surface area contributed by atoms with Crippen LogP contribution in [0.15, 0.2) is 65.7 Å². The summed E-state index contributed by atoms with van der Waals surface area (Å²) in [6.45, 7) is 5.28. The zero-order valence-corrected chi connectivity index (χ0v) is 21.1. The number of hydrogen-bond acceptors (Lipinski definition) is 5. The third-order valence-electron chi connectivity index (χ3n) is 6.67. The number of ether oxygens (including phenoxy) is 3. The number of aryl methyl sites for hydroxylation is 2. The lowest BCUT2D eigenvalue weighted by Gasteiger charge is -2.30. The van der Waals surface area contributed by atoms with Crippen LogP contribution < -0.4 is 14.2 Å². The molecular weight excluding hydrogens is 436 g/mol. The van der Waals surface area contributed by atoms with Crippen molar-refractivity contribution in [2.45, 2.75) is 32.2 Å². The Labute approximate surface area is 207 Å². The van der Waals surface area contributed by atoms with Gasteiger partial charge in [-0.2, -0.15) is 0 Å². The molecule has 35 heavy (non-hydrogen) atoms. The highest BCUT2D eigenvalue weighted by Gasteiger charge is 2.36. The Morgan fingerprint density at radius 2 is 1.49 bits per heavy atom. The first-order chi connectivity index (χ1) is 16.9. The van der Waals surface area contributed by atoms with Crippen molar-refractivity contribution in [3.8, 4) is 17.2 Å². The van der Waals surface area contributed by atoms with Gasteiger partial charge in [0.05, 0.1) is 32.6 Å². The Morgan fingerprint density at radius 1 is 0.829 bits per heavy atom. The largest absolute Gasteiger partial charge is 0.493 e. The van der Waals surface area contributed by atoms with Gasteiger partial charge < -0.3 is 19.1 Å². The number of aliphatic imine (C=N–C) groups is 1. The van der Waals surface area contributed by atoms with Gasteiger partial charge in [-0.25, -0.2) is 0 Å². The van der Waals surface area contributed by atoms with E-state index >= 15 is 0 Å². The molecule has 0 aliphatic carbocycles. The molecule has 0 fully saturated rings. The van der Waals surface area contributed by atoms with Crippen LogP contribution in [-0.2, 0) is 12.8 Å². The van der Waals surface area contributed by atoms with E-state index in [2.05, 4.69) is 73.4 Å². The van der Waals surface area contributed by atoms with E-state index in [1.807, 2.05) is 12.1 Å². The Kier molecular flexibility index (Phi) is 6.01. The van der Waals surface area contributed by atoms with Crippen molar-refractivity contribution in [2.24, 2.45) is 4.99 Å². The minimum Gasteiger partial charge on any atom is -0.493 e. The van der Waals surface area contributed by atoms with Crippen LogP contribution in [-0.4, -0.2) is 44.1 Å². The van der Waals surface area contributed by atoms with Gasteiger partial charge in [-0.15, -0.1) is 0 Å².